The molecule has 17 heavy (non-hydrogen) atoms. The first-order valence-corrected chi connectivity index (χ1v) is 6.42. The number of hydrogen-bond donors (Lipinski definition) is 1. The van der Waals surface area contributed by atoms with E-state index in [0.717, 1.165) is 37.2 Å². The summed E-state index contributed by atoms with van der Waals surface area (Å²) < 4.78 is 0. The minimum absolute atomic E-state index is 0.836. The van der Waals surface area contributed by atoms with Crippen LogP contribution in [0.15, 0.2) is 6.20 Å². The van der Waals surface area contributed by atoms with E-state index in [-0.39, 0.29) is 0 Å². The molecule has 0 aromatic carbocycles. The van der Waals surface area contributed by atoms with E-state index in [4.69, 9.17) is 0 Å². The maximum absolute atomic E-state index is 4.62. The Morgan fingerprint density at radius 2 is 2.12 bits per heavy atom. The lowest BCUT2D eigenvalue weighted by molar-refractivity contribution is 0.434. The molecule has 0 atom stereocenters. The highest BCUT2D eigenvalue weighted by Crippen LogP contribution is 2.20. The zero-order chi connectivity index (χ0) is 12.3. The molecule has 2 rings (SSSR count). The standard InChI is InChI=1S/C13H22N4/c1-10-4-6-17(7-5-10)13-15-9-12(8-14-3)11(2)16-13/h9-10,14H,4-8H2,1-3H3. The lowest BCUT2D eigenvalue weighted by atomic mass is 10.00. The highest BCUT2D eigenvalue weighted by atomic mass is 15.2. The lowest BCUT2D eigenvalue weighted by Crippen LogP contribution is -2.34. The predicted octanol–water partition coefficient (Wildman–Crippen LogP) is 1.74. The van der Waals surface area contributed by atoms with Crippen LogP contribution in [-0.4, -0.2) is 30.1 Å². The van der Waals surface area contributed by atoms with Gasteiger partial charge in [0.05, 0.1) is 0 Å². The van der Waals surface area contributed by atoms with Gasteiger partial charge in [0.15, 0.2) is 0 Å². The van der Waals surface area contributed by atoms with Crippen LogP contribution in [0.2, 0.25) is 0 Å². The molecule has 2 heterocycles. The fraction of sp³-hybridized carbons (Fsp3) is 0.692. The summed E-state index contributed by atoms with van der Waals surface area (Å²) in [7, 11) is 1.94. The first-order chi connectivity index (χ1) is 8.20. The molecule has 4 heteroatoms. The molecule has 0 amide bonds. The summed E-state index contributed by atoms with van der Waals surface area (Å²) >= 11 is 0. The summed E-state index contributed by atoms with van der Waals surface area (Å²) in [5.41, 5.74) is 2.27. The minimum Gasteiger partial charge on any atom is -0.341 e. The van der Waals surface area contributed by atoms with Crippen LogP contribution in [0.1, 0.15) is 31.0 Å². The fourth-order valence-corrected chi connectivity index (χ4v) is 2.20. The number of nitrogens with one attached hydrogen (secondary N) is 1. The number of nitrogens with zero attached hydrogens (tertiary/aromatic N) is 3. The number of aryl methyl sites for hydroxylation is 1. The summed E-state index contributed by atoms with van der Waals surface area (Å²) in [5.74, 6) is 1.74. The Balaban J connectivity index is 2.09. The van der Waals surface area contributed by atoms with Crippen LogP contribution in [-0.2, 0) is 6.54 Å². The van der Waals surface area contributed by atoms with Crippen LogP contribution >= 0.6 is 0 Å². The van der Waals surface area contributed by atoms with Crippen molar-refractivity contribution in [3.8, 4) is 0 Å². The van der Waals surface area contributed by atoms with Gasteiger partial charge in [-0.05, 0) is 32.7 Å². The monoisotopic (exact) mass is 234 g/mol. The van der Waals surface area contributed by atoms with Crippen LogP contribution in [0.5, 0.6) is 0 Å². The van der Waals surface area contributed by atoms with Gasteiger partial charge in [0.25, 0.3) is 0 Å². The zero-order valence-corrected chi connectivity index (χ0v) is 11.0. The topological polar surface area (TPSA) is 41.1 Å². The van der Waals surface area contributed by atoms with E-state index in [1.54, 1.807) is 0 Å². The molecule has 1 N–H and O–H groups in total. The van der Waals surface area contributed by atoms with Crippen molar-refractivity contribution in [2.45, 2.75) is 33.2 Å². The molecule has 1 saturated heterocycles. The molecular weight excluding hydrogens is 212 g/mol. The first kappa shape index (κ1) is 12.3. The van der Waals surface area contributed by atoms with E-state index in [2.05, 4.69) is 34.0 Å². The molecule has 4 nitrogen and oxygen atoms in total. The fourth-order valence-electron chi connectivity index (χ4n) is 2.20. The van der Waals surface area contributed by atoms with Gasteiger partial charge in [-0.1, -0.05) is 6.92 Å². The van der Waals surface area contributed by atoms with Crippen LogP contribution in [0.3, 0.4) is 0 Å². The smallest absolute Gasteiger partial charge is 0.225 e. The zero-order valence-electron chi connectivity index (χ0n) is 11.0. The Bertz CT molecular complexity index is 370. The quantitative estimate of drug-likeness (QED) is 0.865. The molecule has 0 bridgehead atoms. The highest BCUT2D eigenvalue weighted by molar-refractivity contribution is 5.33. The van der Waals surface area contributed by atoms with E-state index >= 15 is 0 Å². The summed E-state index contributed by atoms with van der Waals surface area (Å²) in [6.45, 7) is 7.39. The number of anilines is 1. The van der Waals surface area contributed by atoms with Crippen molar-refractivity contribution in [1.82, 2.24) is 15.3 Å². The molecule has 1 aliphatic heterocycles. The van der Waals surface area contributed by atoms with Gasteiger partial charge in [0, 0.05) is 37.1 Å². The second kappa shape index (κ2) is 5.45. The molecule has 0 saturated carbocycles. The van der Waals surface area contributed by atoms with Gasteiger partial charge in [-0.2, -0.15) is 0 Å². The number of piperidine rings is 1. The Morgan fingerprint density at radius 1 is 1.41 bits per heavy atom. The van der Waals surface area contributed by atoms with Crippen molar-refractivity contribution >= 4 is 5.95 Å². The normalized spacial score (nSPS) is 17.5. The van der Waals surface area contributed by atoms with Crippen LogP contribution in [0.25, 0.3) is 0 Å². The van der Waals surface area contributed by atoms with Crippen molar-refractivity contribution in [1.29, 1.82) is 0 Å². The second-order valence-electron chi connectivity index (χ2n) is 4.98. The third kappa shape index (κ3) is 2.94. The summed E-state index contributed by atoms with van der Waals surface area (Å²) in [4.78, 5) is 11.4. The Labute approximate surface area is 103 Å². The van der Waals surface area contributed by atoms with E-state index in [0.29, 0.717) is 0 Å². The van der Waals surface area contributed by atoms with Crippen molar-refractivity contribution in [2.24, 2.45) is 5.92 Å². The van der Waals surface area contributed by atoms with Gasteiger partial charge in [-0.25, -0.2) is 9.97 Å². The molecule has 1 aromatic heterocycles. The van der Waals surface area contributed by atoms with Gasteiger partial charge < -0.3 is 10.2 Å². The van der Waals surface area contributed by atoms with Crippen molar-refractivity contribution in [3.05, 3.63) is 17.5 Å². The minimum atomic E-state index is 0.836. The molecule has 0 radical (unpaired) electrons. The third-order valence-corrected chi connectivity index (χ3v) is 3.50. The van der Waals surface area contributed by atoms with Gasteiger partial charge in [-0.3, -0.25) is 0 Å². The highest BCUT2D eigenvalue weighted by Gasteiger charge is 2.18. The number of hydrogen-bond acceptors (Lipinski definition) is 4. The van der Waals surface area contributed by atoms with Crippen molar-refractivity contribution in [2.75, 3.05) is 25.0 Å². The third-order valence-electron chi connectivity index (χ3n) is 3.50. The average Bonchev–Trinajstić information content (AvgIpc) is 2.33. The summed E-state index contributed by atoms with van der Waals surface area (Å²) in [6.07, 6.45) is 4.45. The lowest BCUT2D eigenvalue weighted by Gasteiger charge is -2.30. The van der Waals surface area contributed by atoms with Crippen LogP contribution in [0.4, 0.5) is 5.95 Å². The number of rotatable bonds is 3. The van der Waals surface area contributed by atoms with Gasteiger partial charge in [0.1, 0.15) is 0 Å². The average molecular weight is 234 g/mol. The summed E-state index contributed by atoms with van der Waals surface area (Å²) in [6, 6.07) is 0. The van der Waals surface area contributed by atoms with E-state index in [1.165, 1.54) is 18.4 Å². The van der Waals surface area contributed by atoms with Crippen LogP contribution < -0.4 is 10.2 Å². The van der Waals surface area contributed by atoms with Gasteiger partial charge in [-0.15, -0.1) is 0 Å². The molecule has 0 unspecified atom stereocenters. The van der Waals surface area contributed by atoms with E-state index in [9.17, 15) is 0 Å². The van der Waals surface area contributed by atoms with Gasteiger partial charge >= 0.3 is 0 Å². The largest absolute Gasteiger partial charge is 0.341 e. The maximum Gasteiger partial charge on any atom is 0.225 e. The second-order valence-corrected chi connectivity index (χ2v) is 4.98. The first-order valence-electron chi connectivity index (χ1n) is 6.42. The molecule has 1 fully saturated rings. The summed E-state index contributed by atoms with van der Waals surface area (Å²) in [5, 5.41) is 3.14. The molecular formula is C13H22N4. The Hall–Kier alpha value is -1.16. The van der Waals surface area contributed by atoms with Crippen molar-refractivity contribution in [3.63, 3.8) is 0 Å². The molecule has 0 aliphatic carbocycles. The van der Waals surface area contributed by atoms with Gasteiger partial charge in [0.2, 0.25) is 5.95 Å². The van der Waals surface area contributed by atoms with E-state index < -0.39 is 0 Å². The molecule has 94 valence electrons. The maximum atomic E-state index is 4.62. The Morgan fingerprint density at radius 3 is 2.71 bits per heavy atom. The molecule has 1 aromatic rings. The van der Waals surface area contributed by atoms with E-state index in [1.807, 2.05) is 13.2 Å². The Kier molecular flexibility index (Phi) is 3.94. The van der Waals surface area contributed by atoms with Crippen molar-refractivity contribution < 1.29 is 0 Å². The predicted molar refractivity (Wildman–Crippen MR) is 70.1 cm³/mol. The molecule has 0 spiro atoms. The molecule has 1 aliphatic rings. The van der Waals surface area contributed by atoms with Crippen LogP contribution in [0, 0.1) is 12.8 Å². The number of aromatic nitrogens is 2. The SMILES string of the molecule is CNCc1cnc(N2CCC(C)CC2)nc1C.